The number of nitriles is 1. The highest BCUT2D eigenvalue weighted by atomic mass is 19.4. The van der Waals surface area contributed by atoms with E-state index < -0.39 is 12.1 Å². The molecule has 3 rings (SSSR count). The minimum absolute atomic E-state index is 0.358. The smallest absolute Gasteiger partial charge is 0.475 e. The van der Waals surface area contributed by atoms with Crippen LogP contribution in [0, 0.1) is 11.3 Å². The number of nitrogens with one attached hydrogen (secondary N) is 1. The number of halogens is 3. The molecule has 0 radical (unpaired) electrons. The van der Waals surface area contributed by atoms with Crippen LogP contribution in [-0.4, -0.2) is 39.8 Å². The largest absolute Gasteiger partial charge is 0.490 e. The zero-order chi connectivity index (χ0) is 23.4. The summed E-state index contributed by atoms with van der Waals surface area (Å²) in [6.07, 6.45) is 11.4. The molecular weight excluding hydrogens is 421 g/mol. The standard InChI is InChI=1S/C21H32N4.C2HF3O2/c22-16-21-24-19(13-8-14-23-18-11-6-3-7-12-18)15-20(25-21)17-9-4-1-2-5-10-17;3-2(4,5)1(6)7/h15,17-18,23H,1-14H2;(H,6,7). The van der Waals surface area contributed by atoms with Gasteiger partial charge in [0.05, 0.1) is 0 Å². The van der Waals surface area contributed by atoms with Crippen molar-refractivity contribution in [2.24, 2.45) is 0 Å². The van der Waals surface area contributed by atoms with Crippen molar-refractivity contribution in [3.05, 3.63) is 23.3 Å². The van der Waals surface area contributed by atoms with E-state index in [1.807, 2.05) is 0 Å². The van der Waals surface area contributed by atoms with E-state index in [0.29, 0.717) is 11.7 Å². The fraction of sp³-hybridized carbons (Fsp3) is 0.739. The van der Waals surface area contributed by atoms with Crippen LogP contribution in [0.3, 0.4) is 0 Å². The Hall–Kier alpha value is -2.21. The Morgan fingerprint density at radius 2 is 1.62 bits per heavy atom. The average molecular weight is 455 g/mol. The van der Waals surface area contributed by atoms with E-state index in [-0.39, 0.29) is 0 Å². The molecule has 1 aromatic heterocycles. The van der Waals surface area contributed by atoms with Crippen LogP contribution in [0.1, 0.15) is 100 Å². The Morgan fingerprint density at radius 1 is 1.06 bits per heavy atom. The molecule has 0 amide bonds. The minimum atomic E-state index is -5.08. The molecule has 1 heterocycles. The Labute approximate surface area is 187 Å². The van der Waals surface area contributed by atoms with Crippen LogP contribution < -0.4 is 5.32 Å². The molecule has 1 aromatic rings. The highest BCUT2D eigenvalue weighted by Gasteiger charge is 2.38. The first-order valence-electron chi connectivity index (χ1n) is 11.6. The van der Waals surface area contributed by atoms with Crippen molar-refractivity contribution in [3.8, 4) is 6.07 Å². The van der Waals surface area contributed by atoms with Crippen LogP contribution in [0.15, 0.2) is 6.07 Å². The molecule has 2 saturated carbocycles. The van der Waals surface area contributed by atoms with Gasteiger partial charge in [0.2, 0.25) is 5.82 Å². The first kappa shape index (κ1) is 26.0. The third-order valence-corrected chi connectivity index (χ3v) is 6.06. The summed E-state index contributed by atoms with van der Waals surface area (Å²) in [5.74, 6) is -1.87. The summed E-state index contributed by atoms with van der Waals surface area (Å²) in [5, 5.41) is 20.1. The summed E-state index contributed by atoms with van der Waals surface area (Å²) in [6, 6.07) is 5.06. The summed E-state index contributed by atoms with van der Waals surface area (Å²) >= 11 is 0. The van der Waals surface area contributed by atoms with E-state index in [1.54, 1.807) is 0 Å². The van der Waals surface area contributed by atoms with Gasteiger partial charge in [-0.1, -0.05) is 44.9 Å². The number of hydrogen-bond acceptors (Lipinski definition) is 5. The van der Waals surface area contributed by atoms with Crippen molar-refractivity contribution < 1.29 is 23.1 Å². The number of aliphatic carboxylic acids is 1. The second-order valence-electron chi connectivity index (χ2n) is 8.60. The quantitative estimate of drug-likeness (QED) is 0.449. The topological polar surface area (TPSA) is 98.9 Å². The fourth-order valence-corrected chi connectivity index (χ4v) is 4.36. The molecule has 0 saturated heterocycles. The van der Waals surface area contributed by atoms with Crippen molar-refractivity contribution >= 4 is 5.97 Å². The molecule has 0 aliphatic heterocycles. The van der Waals surface area contributed by atoms with Crippen LogP contribution in [0.5, 0.6) is 0 Å². The zero-order valence-corrected chi connectivity index (χ0v) is 18.5. The first-order chi connectivity index (χ1) is 15.3. The normalized spacial score (nSPS) is 18.2. The molecule has 2 N–H and O–H groups in total. The van der Waals surface area contributed by atoms with Gasteiger partial charge in [-0.2, -0.15) is 18.4 Å². The maximum Gasteiger partial charge on any atom is 0.490 e. The predicted octanol–water partition coefficient (Wildman–Crippen LogP) is 5.27. The van der Waals surface area contributed by atoms with E-state index in [4.69, 9.17) is 9.90 Å². The Kier molecular flexibility index (Phi) is 10.9. The number of aromatic nitrogens is 2. The number of hydrogen-bond donors (Lipinski definition) is 2. The van der Waals surface area contributed by atoms with Crippen molar-refractivity contribution in [1.29, 1.82) is 5.26 Å². The second kappa shape index (κ2) is 13.4. The van der Waals surface area contributed by atoms with Gasteiger partial charge in [0.1, 0.15) is 6.07 Å². The first-order valence-corrected chi connectivity index (χ1v) is 11.6. The number of alkyl halides is 3. The predicted molar refractivity (Wildman–Crippen MR) is 114 cm³/mol. The van der Waals surface area contributed by atoms with Crippen molar-refractivity contribution in [3.63, 3.8) is 0 Å². The molecular formula is C23H33F3N4O2. The van der Waals surface area contributed by atoms with Gasteiger partial charge >= 0.3 is 12.1 Å². The van der Waals surface area contributed by atoms with Gasteiger partial charge in [0.15, 0.2) is 0 Å². The lowest BCUT2D eigenvalue weighted by atomic mass is 9.95. The molecule has 6 nitrogen and oxygen atoms in total. The zero-order valence-electron chi connectivity index (χ0n) is 18.5. The monoisotopic (exact) mass is 454 g/mol. The molecule has 0 atom stereocenters. The van der Waals surface area contributed by atoms with Crippen molar-refractivity contribution in [1.82, 2.24) is 15.3 Å². The Morgan fingerprint density at radius 3 is 2.19 bits per heavy atom. The molecule has 0 bridgehead atoms. The molecule has 32 heavy (non-hydrogen) atoms. The lowest BCUT2D eigenvalue weighted by Gasteiger charge is -2.22. The van der Waals surface area contributed by atoms with Crippen molar-refractivity contribution in [2.45, 2.75) is 102 Å². The van der Waals surface area contributed by atoms with Crippen LogP contribution in [0.4, 0.5) is 13.2 Å². The summed E-state index contributed by atoms with van der Waals surface area (Å²) in [4.78, 5) is 17.9. The molecule has 0 aromatic carbocycles. The van der Waals surface area contributed by atoms with Crippen molar-refractivity contribution in [2.75, 3.05) is 6.54 Å². The van der Waals surface area contributed by atoms with E-state index in [9.17, 15) is 18.4 Å². The summed E-state index contributed by atoms with van der Waals surface area (Å²) in [5.41, 5.74) is 2.17. The highest BCUT2D eigenvalue weighted by Crippen LogP contribution is 2.31. The number of carboxylic acids is 1. The van der Waals surface area contributed by atoms with Gasteiger partial charge in [-0.05, 0) is 51.1 Å². The van der Waals surface area contributed by atoms with Gasteiger partial charge in [-0.3, -0.25) is 0 Å². The van der Waals surface area contributed by atoms with Gasteiger partial charge in [-0.15, -0.1) is 0 Å². The SMILES string of the molecule is N#Cc1nc(CCCNC2CCCCC2)cc(C2CCCCCC2)n1.O=C(O)C(F)(F)F. The van der Waals surface area contributed by atoms with Crippen LogP contribution in [0.2, 0.25) is 0 Å². The maximum absolute atomic E-state index is 10.6. The summed E-state index contributed by atoms with van der Waals surface area (Å²) in [7, 11) is 0. The third-order valence-electron chi connectivity index (χ3n) is 6.06. The number of nitrogens with zero attached hydrogens (tertiary/aromatic N) is 3. The minimum Gasteiger partial charge on any atom is -0.475 e. The molecule has 178 valence electrons. The number of carboxylic acid groups (broad SMARTS) is 1. The van der Waals surface area contributed by atoms with E-state index in [2.05, 4.69) is 27.4 Å². The number of aryl methyl sites for hydroxylation is 1. The average Bonchev–Trinajstić information content (AvgIpc) is 3.07. The molecule has 0 spiro atoms. The fourth-order valence-electron chi connectivity index (χ4n) is 4.36. The lowest BCUT2D eigenvalue weighted by Crippen LogP contribution is -2.31. The Balaban J connectivity index is 0.000000451. The van der Waals surface area contributed by atoms with E-state index in [0.717, 1.165) is 36.8 Å². The summed E-state index contributed by atoms with van der Waals surface area (Å²) in [6.45, 7) is 1.05. The number of rotatable bonds is 6. The van der Waals surface area contributed by atoms with E-state index >= 15 is 0 Å². The van der Waals surface area contributed by atoms with Crippen LogP contribution >= 0.6 is 0 Å². The van der Waals surface area contributed by atoms with Crippen LogP contribution in [0.25, 0.3) is 0 Å². The molecule has 2 aliphatic carbocycles. The molecule has 9 heteroatoms. The van der Waals surface area contributed by atoms with Gasteiger partial charge in [0.25, 0.3) is 0 Å². The maximum atomic E-state index is 10.6. The van der Waals surface area contributed by atoms with Gasteiger partial charge < -0.3 is 10.4 Å². The molecule has 0 unspecified atom stereocenters. The van der Waals surface area contributed by atoms with Gasteiger partial charge in [-0.25, -0.2) is 14.8 Å². The molecule has 2 fully saturated rings. The summed E-state index contributed by atoms with van der Waals surface area (Å²) < 4.78 is 31.7. The highest BCUT2D eigenvalue weighted by molar-refractivity contribution is 5.73. The van der Waals surface area contributed by atoms with Gasteiger partial charge in [0, 0.05) is 23.3 Å². The number of carbonyl (C=O) groups is 1. The lowest BCUT2D eigenvalue weighted by molar-refractivity contribution is -0.192. The molecule has 2 aliphatic rings. The third kappa shape index (κ3) is 9.51. The Bertz CT molecular complexity index is 751. The van der Waals surface area contributed by atoms with E-state index in [1.165, 1.54) is 70.6 Å². The second-order valence-corrected chi connectivity index (χ2v) is 8.60. The van der Waals surface area contributed by atoms with Crippen LogP contribution in [-0.2, 0) is 11.2 Å².